The first-order valence-electron chi connectivity index (χ1n) is 6.60. The third-order valence-corrected chi connectivity index (χ3v) is 2.43. The second kappa shape index (κ2) is 8.82. The summed E-state index contributed by atoms with van der Waals surface area (Å²) in [6.07, 6.45) is 0. The van der Waals surface area contributed by atoms with E-state index in [2.05, 4.69) is 15.6 Å². The summed E-state index contributed by atoms with van der Waals surface area (Å²) in [5.74, 6) is 0.239. The number of nitrogens with one attached hydrogen (secondary N) is 2. The molecule has 0 amide bonds. The largest absolute Gasteiger partial charge is 0.357 e. The van der Waals surface area contributed by atoms with Gasteiger partial charge in [-0.05, 0) is 39.8 Å². The molecule has 0 saturated carbocycles. The van der Waals surface area contributed by atoms with Crippen LogP contribution in [0.3, 0.4) is 0 Å². The van der Waals surface area contributed by atoms with Gasteiger partial charge in [0.1, 0.15) is 5.82 Å². The normalized spacial score (nSPS) is 11.3. The van der Waals surface area contributed by atoms with Crippen LogP contribution >= 0.6 is 24.0 Å². The van der Waals surface area contributed by atoms with Gasteiger partial charge in [-0.1, -0.05) is 6.07 Å². The number of halogens is 2. The van der Waals surface area contributed by atoms with Crippen LogP contribution in [0, 0.1) is 17.1 Å². The third-order valence-electron chi connectivity index (χ3n) is 2.43. The van der Waals surface area contributed by atoms with E-state index in [0.717, 1.165) is 6.54 Å². The van der Waals surface area contributed by atoms with Gasteiger partial charge in [-0.15, -0.1) is 24.0 Å². The van der Waals surface area contributed by atoms with Gasteiger partial charge in [0.2, 0.25) is 0 Å². The molecule has 0 heterocycles. The van der Waals surface area contributed by atoms with E-state index in [9.17, 15) is 4.39 Å². The highest BCUT2D eigenvalue weighted by atomic mass is 127. The van der Waals surface area contributed by atoms with Crippen molar-refractivity contribution in [2.45, 2.75) is 39.8 Å². The summed E-state index contributed by atoms with van der Waals surface area (Å²) in [4.78, 5) is 4.36. The molecule has 1 aromatic rings. The van der Waals surface area contributed by atoms with Crippen LogP contribution in [0.25, 0.3) is 0 Å². The summed E-state index contributed by atoms with van der Waals surface area (Å²) < 4.78 is 13.8. The molecule has 21 heavy (non-hydrogen) atoms. The predicted molar refractivity (Wildman–Crippen MR) is 94.2 cm³/mol. The third kappa shape index (κ3) is 7.27. The second-order valence-corrected chi connectivity index (χ2v) is 5.49. The Morgan fingerprint density at radius 3 is 2.52 bits per heavy atom. The van der Waals surface area contributed by atoms with Crippen molar-refractivity contribution in [1.82, 2.24) is 10.6 Å². The minimum absolute atomic E-state index is 0. The van der Waals surface area contributed by atoms with Gasteiger partial charge in [0.15, 0.2) is 5.96 Å². The van der Waals surface area contributed by atoms with E-state index in [1.807, 2.05) is 33.8 Å². The molecule has 1 rings (SSSR count). The van der Waals surface area contributed by atoms with E-state index in [1.54, 1.807) is 12.1 Å². The van der Waals surface area contributed by atoms with E-state index < -0.39 is 5.82 Å². The smallest absolute Gasteiger partial charge is 0.191 e. The topological polar surface area (TPSA) is 60.2 Å². The molecule has 0 aliphatic rings. The van der Waals surface area contributed by atoms with Crippen LogP contribution in [0.2, 0.25) is 0 Å². The number of aliphatic imine (C=N–C) groups is 1. The first-order valence-corrected chi connectivity index (χ1v) is 6.60. The van der Waals surface area contributed by atoms with E-state index in [0.29, 0.717) is 17.1 Å². The molecule has 0 radical (unpaired) electrons. The monoisotopic (exact) mass is 404 g/mol. The molecule has 0 aliphatic carbocycles. The van der Waals surface area contributed by atoms with Crippen LogP contribution in [0.4, 0.5) is 4.39 Å². The van der Waals surface area contributed by atoms with Crippen LogP contribution in [0.15, 0.2) is 23.2 Å². The second-order valence-electron chi connectivity index (χ2n) is 5.49. The molecule has 116 valence electrons. The average Bonchev–Trinajstić information content (AvgIpc) is 2.35. The Hall–Kier alpha value is -1.36. The number of benzene rings is 1. The Balaban J connectivity index is 0.00000400. The van der Waals surface area contributed by atoms with Gasteiger partial charge >= 0.3 is 0 Å². The number of nitriles is 1. The maximum Gasteiger partial charge on any atom is 0.191 e. The van der Waals surface area contributed by atoms with E-state index in [4.69, 9.17) is 5.26 Å². The predicted octanol–water partition coefficient (Wildman–Crippen LogP) is 3.17. The minimum atomic E-state index is -0.403. The van der Waals surface area contributed by atoms with Gasteiger partial charge in [-0.25, -0.2) is 9.38 Å². The number of guanidine groups is 1. The van der Waals surface area contributed by atoms with Crippen LogP contribution in [-0.4, -0.2) is 18.0 Å². The van der Waals surface area contributed by atoms with Crippen molar-refractivity contribution in [3.05, 3.63) is 35.1 Å². The van der Waals surface area contributed by atoms with Crippen molar-refractivity contribution in [1.29, 1.82) is 5.26 Å². The minimum Gasteiger partial charge on any atom is -0.357 e. The Labute approximate surface area is 142 Å². The van der Waals surface area contributed by atoms with Crippen molar-refractivity contribution in [2.24, 2.45) is 4.99 Å². The summed E-state index contributed by atoms with van der Waals surface area (Å²) >= 11 is 0. The Bertz CT molecular complexity index is 529. The fourth-order valence-electron chi connectivity index (χ4n) is 1.57. The van der Waals surface area contributed by atoms with Crippen molar-refractivity contribution in [2.75, 3.05) is 6.54 Å². The molecule has 2 N–H and O–H groups in total. The number of nitrogens with zero attached hydrogens (tertiary/aromatic N) is 2. The standard InChI is InChI=1S/C15H21FN4.HI/c1-5-18-14(20-15(2,3)4)19-10-12-7-6-11(9-17)8-13(12)16;/h6-8H,5,10H2,1-4H3,(H2,18,19,20);1H. The highest BCUT2D eigenvalue weighted by molar-refractivity contribution is 14.0. The summed E-state index contributed by atoms with van der Waals surface area (Å²) in [5.41, 5.74) is 0.662. The Morgan fingerprint density at radius 2 is 2.05 bits per heavy atom. The molecule has 6 heteroatoms. The number of hydrogen-bond donors (Lipinski definition) is 2. The van der Waals surface area contributed by atoms with Crippen molar-refractivity contribution in [3.63, 3.8) is 0 Å². The lowest BCUT2D eigenvalue weighted by Gasteiger charge is -2.23. The van der Waals surface area contributed by atoms with Crippen molar-refractivity contribution >= 4 is 29.9 Å². The van der Waals surface area contributed by atoms with Crippen LogP contribution in [0.5, 0.6) is 0 Å². The maximum atomic E-state index is 13.8. The zero-order chi connectivity index (χ0) is 15.2. The van der Waals surface area contributed by atoms with Gasteiger partial charge in [0.25, 0.3) is 0 Å². The molecular weight excluding hydrogens is 382 g/mol. The molecule has 0 aromatic heterocycles. The molecule has 0 spiro atoms. The van der Waals surface area contributed by atoms with Crippen LogP contribution in [0.1, 0.15) is 38.8 Å². The average molecular weight is 404 g/mol. The molecule has 0 bridgehead atoms. The van der Waals surface area contributed by atoms with Crippen LogP contribution < -0.4 is 10.6 Å². The number of rotatable bonds is 3. The summed E-state index contributed by atoms with van der Waals surface area (Å²) in [5, 5.41) is 15.1. The molecule has 4 nitrogen and oxygen atoms in total. The lowest BCUT2D eigenvalue weighted by Crippen LogP contribution is -2.47. The zero-order valence-corrected chi connectivity index (χ0v) is 15.2. The van der Waals surface area contributed by atoms with Gasteiger partial charge in [-0.2, -0.15) is 5.26 Å². The van der Waals surface area contributed by atoms with Gasteiger partial charge in [0, 0.05) is 17.6 Å². The molecule has 0 saturated heterocycles. The molecule has 0 fully saturated rings. The molecule has 0 unspecified atom stereocenters. The quantitative estimate of drug-likeness (QED) is 0.462. The summed E-state index contributed by atoms with van der Waals surface area (Å²) in [6.45, 7) is 9.02. The lowest BCUT2D eigenvalue weighted by molar-refractivity contribution is 0.501. The zero-order valence-electron chi connectivity index (χ0n) is 12.8. The van der Waals surface area contributed by atoms with E-state index in [1.165, 1.54) is 6.07 Å². The molecular formula is C15H22FIN4. The summed E-state index contributed by atoms with van der Waals surface area (Å²) in [7, 11) is 0. The molecule has 0 aliphatic heterocycles. The molecule has 0 atom stereocenters. The first kappa shape index (κ1) is 19.6. The van der Waals surface area contributed by atoms with Crippen molar-refractivity contribution in [3.8, 4) is 6.07 Å². The van der Waals surface area contributed by atoms with Gasteiger partial charge < -0.3 is 10.6 Å². The van der Waals surface area contributed by atoms with E-state index >= 15 is 0 Å². The fraction of sp³-hybridized carbons (Fsp3) is 0.467. The van der Waals surface area contributed by atoms with Gasteiger partial charge in [0.05, 0.1) is 18.2 Å². The Kier molecular flexibility index (Phi) is 8.25. The maximum absolute atomic E-state index is 13.8. The highest BCUT2D eigenvalue weighted by Crippen LogP contribution is 2.11. The highest BCUT2D eigenvalue weighted by Gasteiger charge is 2.12. The van der Waals surface area contributed by atoms with Crippen LogP contribution in [-0.2, 0) is 6.54 Å². The molecule has 1 aromatic carbocycles. The van der Waals surface area contributed by atoms with Gasteiger partial charge in [-0.3, -0.25) is 0 Å². The lowest BCUT2D eigenvalue weighted by atomic mass is 10.1. The SMILES string of the molecule is CCNC(=NCc1ccc(C#N)cc1F)NC(C)(C)C.I. The Morgan fingerprint density at radius 1 is 1.38 bits per heavy atom. The first-order chi connectivity index (χ1) is 9.35. The number of hydrogen-bond acceptors (Lipinski definition) is 2. The van der Waals surface area contributed by atoms with Crippen molar-refractivity contribution < 1.29 is 4.39 Å². The van der Waals surface area contributed by atoms with E-state index in [-0.39, 0.29) is 36.1 Å². The fourth-order valence-corrected chi connectivity index (χ4v) is 1.57. The summed E-state index contributed by atoms with van der Waals surface area (Å²) in [6, 6.07) is 6.33.